The number of carbonyl (C=O) groups is 1. The molecule has 0 radical (unpaired) electrons. The van der Waals surface area contributed by atoms with Gasteiger partial charge in [-0.05, 0) is 41.6 Å². The maximum Gasteiger partial charge on any atom is 0.339 e. The minimum Gasteiger partial charge on any atom is -0.478 e. The van der Waals surface area contributed by atoms with Crippen LogP contribution in [-0.2, 0) is 0 Å². The van der Waals surface area contributed by atoms with Gasteiger partial charge in [-0.3, -0.25) is 0 Å². The molecule has 7 heteroatoms. The molecule has 1 heterocycles. The molecule has 0 saturated heterocycles. The number of benzene rings is 2. The van der Waals surface area contributed by atoms with Crippen LogP contribution in [-0.4, -0.2) is 31.7 Å². The van der Waals surface area contributed by atoms with Gasteiger partial charge in [-0.1, -0.05) is 12.1 Å². The lowest BCUT2D eigenvalue weighted by atomic mass is 10.2. The molecule has 0 atom stereocenters. The first-order valence-electron chi connectivity index (χ1n) is 6.08. The van der Waals surface area contributed by atoms with Crippen molar-refractivity contribution in [3.05, 3.63) is 54.1 Å². The SMILES string of the molecule is O=C(O)c1ccccc1Oc1ccc(-c2nn[nH]n2)cc1. The van der Waals surface area contributed by atoms with E-state index >= 15 is 0 Å². The van der Waals surface area contributed by atoms with Crippen LogP contribution in [0.4, 0.5) is 0 Å². The number of hydrogen-bond donors (Lipinski definition) is 2. The van der Waals surface area contributed by atoms with Crippen LogP contribution in [0.15, 0.2) is 48.5 Å². The van der Waals surface area contributed by atoms with Crippen molar-refractivity contribution >= 4 is 5.97 Å². The number of tetrazole rings is 1. The molecule has 0 unspecified atom stereocenters. The number of ether oxygens (including phenoxy) is 1. The van der Waals surface area contributed by atoms with Crippen LogP contribution in [0.2, 0.25) is 0 Å². The van der Waals surface area contributed by atoms with Crippen molar-refractivity contribution in [3.8, 4) is 22.9 Å². The van der Waals surface area contributed by atoms with Crippen molar-refractivity contribution < 1.29 is 14.6 Å². The highest BCUT2D eigenvalue weighted by atomic mass is 16.5. The minimum absolute atomic E-state index is 0.111. The molecule has 7 nitrogen and oxygen atoms in total. The van der Waals surface area contributed by atoms with Crippen LogP contribution in [0.3, 0.4) is 0 Å². The number of H-pyrrole nitrogens is 1. The average molecular weight is 282 g/mol. The zero-order valence-corrected chi connectivity index (χ0v) is 10.7. The molecule has 0 saturated carbocycles. The maximum atomic E-state index is 11.1. The Kier molecular flexibility index (Phi) is 3.30. The van der Waals surface area contributed by atoms with E-state index < -0.39 is 5.97 Å². The fraction of sp³-hybridized carbons (Fsp3) is 0. The summed E-state index contributed by atoms with van der Waals surface area (Å²) in [6.07, 6.45) is 0. The standard InChI is InChI=1S/C14H10N4O3/c19-14(20)11-3-1-2-4-12(11)21-10-7-5-9(6-8-10)13-15-17-18-16-13/h1-8H,(H,19,20)(H,15,16,17,18). The number of para-hydroxylation sites is 1. The summed E-state index contributed by atoms with van der Waals surface area (Å²) >= 11 is 0. The summed E-state index contributed by atoms with van der Waals surface area (Å²) in [7, 11) is 0. The van der Waals surface area contributed by atoms with Gasteiger partial charge in [-0.15, -0.1) is 10.2 Å². The van der Waals surface area contributed by atoms with Crippen molar-refractivity contribution in [2.45, 2.75) is 0 Å². The molecule has 0 amide bonds. The summed E-state index contributed by atoms with van der Waals surface area (Å²) in [5, 5.41) is 22.7. The molecule has 2 aromatic carbocycles. The number of aromatic nitrogens is 4. The maximum absolute atomic E-state index is 11.1. The molecule has 0 fully saturated rings. The number of nitrogens with one attached hydrogen (secondary N) is 1. The van der Waals surface area contributed by atoms with Gasteiger partial charge in [-0.2, -0.15) is 5.21 Å². The van der Waals surface area contributed by atoms with E-state index in [1.807, 2.05) is 0 Å². The van der Waals surface area contributed by atoms with E-state index in [-0.39, 0.29) is 11.3 Å². The van der Waals surface area contributed by atoms with Crippen LogP contribution in [0.5, 0.6) is 11.5 Å². The first kappa shape index (κ1) is 12.8. The van der Waals surface area contributed by atoms with Gasteiger partial charge in [0.05, 0.1) is 0 Å². The summed E-state index contributed by atoms with van der Waals surface area (Å²) in [5.74, 6) is 0.259. The number of carboxylic acids is 1. The molecule has 1 aromatic heterocycles. The first-order valence-corrected chi connectivity index (χ1v) is 6.08. The molecule has 21 heavy (non-hydrogen) atoms. The van der Waals surface area contributed by atoms with Gasteiger partial charge in [0, 0.05) is 5.56 Å². The van der Waals surface area contributed by atoms with E-state index in [0.717, 1.165) is 5.56 Å². The second-order valence-corrected chi connectivity index (χ2v) is 4.16. The predicted molar refractivity (Wildman–Crippen MR) is 73.1 cm³/mol. The molecule has 0 aliphatic carbocycles. The minimum atomic E-state index is -1.03. The molecule has 3 aromatic rings. The largest absolute Gasteiger partial charge is 0.478 e. The van der Waals surface area contributed by atoms with Crippen LogP contribution in [0.1, 0.15) is 10.4 Å². The molecule has 2 N–H and O–H groups in total. The first-order chi connectivity index (χ1) is 10.2. The monoisotopic (exact) mass is 282 g/mol. The summed E-state index contributed by atoms with van der Waals surface area (Å²) in [4.78, 5) is 11.1. The van der Waals surface area contributed by atoms with E-state index in [1.165, 1.54) is 6.07 Å². The molecule has 0 aliphatic rings. The summed E-state index contributed by atoms with van der Waals surface area (Å²) in [5.41, 5.74) is 0.891. The topological polar surface area (TPSA) is 101 Å². The van der Waals surface area contributed by atoms with Gasteiger partial charge < -0.3 is 9.84 Å². The van der Waals surface area contributed by atoms with Crippen LogP contribution >= 0.6 is 0 Å². The number of hydrogen-bond acceptors (Lipinski definition) is 5. The van der Waals surface area contributed by atoms with Crippen molar-refractivity contribution in [2.75, 3.05) is 0 Å². The highest BCUT2D eigenvalue weighted by molar-refractivity contribution is 5.90. The quantitative estimate of drug-likeness (QED) is 0.761. The molecule has 3 rings (SSSR count). The Morgan fingerprint density at radius 1 is 1.10 bits per heavy atom. The van der Waals surface area contributed by atoms with E-state index in [1.54, 1.807) is 42.5 Å². The third-order valence-corrected chi connectivity index (χ3v) is 2.80. The van der Waals surface area contributed by atoms with Gasteiger partial charge in [0.2, 0.25) is 5.82 Å². The average Bonchev–Trinajstić information content (AvgIpc) is 3.03. The number of nitrogens with zero attached hydrogens (tertiary/aromatic N) is 3. The van der Waals surface area contributed by atoms with Crippen molar-refractivity contribution in [2.24, 2.45) is 0 Å². The lowest BCUT2D eigenvalue weighted by Gasteiger charge is -2.08. The van der Waals surface area contributed by atoms with Crippen molar-refractivity contribution in [1.29, 1.82) is 0 Å². The smallest absolute Gasteiger partial charge is 0.339 e. The molecule has 0 spiro atoms. The fourth-order valence-corrected chi connectivity index (χ4v) is 1.82. The Morgan fingerprint density at radius 3 is 2.52 bits per heavy atom. The lowest BCUT2D eigenvalue weighted by molar-refractivity contribution is 0.0694. The second-order valence-electron chi connectivity index (χ2n) is 4.16. The molecule has 0 bridgehead atoms. The van der Waals surface area contributed by atoms with E-state index in [2.05, 4.69) is 20.6 Å². The number of aromatic amines is 1. The van der Waals surface area contributed by atoms with Gasteiger partial charge in [0.15, 0.2) is 0 Å². The zero-order valence-electron chi connectivity index (χ0n) is 10.7. The van der Waals surface area contributed by atoms with E-state index in [9.17, 15) is 4.79 Å². The highest BCUT2D eigenvalue weighted by Gasteiger charge is 2.11. The number of carboxylic acid groups (broad SMARTS) is 1. The Labute approximate surface area is 119 Å². The Balaban J connectivity index is 1.84. The number of rotatable bonds is 4. The van der Waals surface area contributed by atoms with Gasteiger partial charge in [-0.25, -0.2) is 4.79 Å². The Bertz CT molecular complexity index is 754. The lowest BCUT2D eigenvalue weighted by Crippen LogP contribution is -1.99. The normalized spacial score (nSPS) is 10.3. The summed E-state index contributed by atoms with van der Waals surface area (Å²) in [6, 6.07) is 13.4. The molecule has 104 valence electrons. The molecular weight excluding hydrogens is 272 g/mol. The van der Waals surface area contributed by atoms with E-state index in [0.29, 0.717) is 11.6 Å². The highest BCUT2D eigenvalue weighted by Crippen LogP contribution is 2.26. The van der Waals surface area contributed by atoms with Crippen LogP contribution in [0, 0.1) is 0 Å². The zero-order chi connectivity index (χ0) is 14.7. The predicted octanol–water partition coefficient (Wildman–Crippen LogP) is 2.36. The van der Waals surface area contributed by atoms with Gasteiger partial charge in [0.25, 0.3) is 0 Å². The van der Waals surface area contributed by atoms with Gasteiger partial charge >= 0.3 is 5.97 Å². The van der Waals surface area contributed by atoms with Gasteiger partial charge in [0.1, 0.15) is 17.1 Å². The summed E-state index contributed by atoms with van der Waals surface area (Å²) in [6.45, 7) is 0. The third-order valence-electron chi connectivity index (χ3n) is 2.80. The van der Waals surface area contributed by atoms with Crippen molar-refractivity contribution in [3.63, 3.8) is 0 Å². The van der Waals surface area contributed by atoms with Crippen LogP contribution in [0.25, 0.3) is 11.4 Å². The Hall–Kier alpha value is -3.22. The third kappa shape index (κ3) is 2.71. The number of aromatic carboxylic acids is 1. The van der Waals surface area contributed by atoms with Crippen LogP contribution < -0.4 is 4.74 Å². The molecular formula is C14H10N4O3. The van der Waals surface area contributed by atoms with E-state index in [4.69, 9.17) is 9.84 Å². The van der Waals surface area contributed by atoms with Crippen molar-refractivity contribution in [1.82, 2.24) is 20.6 Å². The summed E-state index contributed by atoms with van der Waals surface area (Å²) < 4.78 is 5.60. The molecule has 0 aliphatic heterocycles. The fourth-order valence-electron chi connectivity index (χ4n) is 1.82. The Morgan fingerprint density at radius 2 is 1.86 bits per heavy atom. The second kappa shape index (κ2) is 5.41.